The minimum Gasteiger partial charge on any atom is -0.481 e. The molecule has 0 spiro atoms. The van der Waals surface area contributed by atoms with Crippen molar-refractivity contribution in [2.45, 2.75) is 38.0 Å². The van der Waals surface area contributed by atoms with Crippen LogP contribution in [0.15, 0.2) is 0 Å². The molecule has 4 nitrogen and oxygen atoms in total. The number of imidazole rings is 1. The maximum absolute atomic E-state index is 10.7. The van der Waals surface area contributed by atoms with E-state index in [0.29, 0.717) is 16.8 Å². The molecule has 0 unspecified atom stereocenters. The Kier molecular flexibility index (Phi) is 3.19. The van der Waals surface area contributed by atoms with Crippen molar-refractivity contribution in [3.05, 3.63) is 16.7 Å². The van der Waals surface area contributed by atoms with Crippen molar-refractivity contribution in [2.24, 2.45) is 7.05 Å². The van der Waals surface area contributed by atoms with Crippen LogP contribution in [0.2, 0.25) is 5.15 Å². The molecular formula is C11H15ClN2O2. The summed E-state index contributed by atoms with van der Waals surface area (Å²) in [6.07, 6.45) is 4.66. The number of carboxylic acids is 1. The van der Waals surface area contributed by atoms with Crippen molar-refractivity contribution in [3.8, 4) is 0 Å². The number of hydrogen-bond acceptors (Lipinski definition) is 2. The van der Waals surface area contributed by atoms with Crippen LogP contribution in [0, 0.1) is 0 Å². The Morgan fingerprint density at radius 1 is 1.56 bits per heavy atom. The highest BCUT2D eigenvalue weighted by Gasteiger charge is 2.24. The third-order valence-corrected chi connectivity index (χ3v) is 3.54. The molecular weight excluding hydrogens is 228 g/mol. The molecule has 1 aromatic rings. The minimum absolute atomic E-state index is 0.0605. The van der Waals surface area contributed by atoms with Gasteiger partial charge >= 0.3 is 5.97 Å². The monoisotopic (exact) mass is 242 g/mol. The molecule has 1 heterocycles. The lowest BCUT2D eigenvalue weighted by Crippen LogP contribution is -2.09. The Morgan fingerprint density at radius 3 is 2.75 bits per heavy atom. The Morgan fingerprint density at radius 2 is 2.19 bits per heavy atom. The summed E-state index contributed by atoms with van der Waals surface area (Å²) in [6.45, 7) is 0. The molecule has 1 aliphatic rings. The van der Waals surface area contributed by atoms with Crippen molar-refractivity contribution in [1.29, 1.82) is 0 Å². The van der Waals surface area contributed by atoms with E-state index < -0.39 is 5.97 Å². The summed E-state index contributed by atoms with van der Waals surface area (Å²) < 4.78 is 1.85. The van der Waals surface area contributed by atoms with Gasteiger partial charge in [-0.15, -0.1) is 0 Å². The van der Waals surface area contributed by atoms with Crippen LogP contribution in [0.1, 0.15) is 43.1 Å². The zero-order chi connectivity index (χ0) is 11.7. The molecule has 1 N–H and O–H groups in total. The zero-order valence-electron chi connectivity index (χ0n) is 9.24. The number of aromatic nitrogens is 2. The number of halogens is 1. The quantitative estimate of drug-likeness (QED) is 0.885. The van der Waals surface area contributed by atoms with Crippen molar-refractivity contribution in [1.82, 2.24) is 9.55 Å². The third kappa shape index (κ3) is 2.07. The lowest BCUT2D eigenvalue weighted by molar-refractivity contribution is -0.136. The molecule has 0 aromatic carbocycles. The second-order valence-electron chi connectivity index (χ2n) is 4.32. The van der Waals surface area contributed by atoms with E-state index in [-0.39, 0.29) is 6.42 Å². The zero-order valence-corrected chi connectivity index (χ0v) is 10.00. The van der Waals surface area contributed by atoms with Crippen LogP contribution in [-0.2, 0) is 18.3 Å². The molecule has 0 amide bonds. The molecule has 0 atom stereocenters. The largest absolute Gasteiger partial charge is 0.481 e. The van der Waals surface area contributed by atoms with E-state index >= 15 is 0 Å². The summed E-state index contributed by atoms with van der Waals surface area (Å²) in [5.41, 5.74) is 0.607. The standard InChI is InChI=1S/C11H15ClN2O2/c1-14-8(6-9(15)16)10(12)13-11(14)7-4-2-3-5-7/h7H,2-6H2,1H3,(H,15,16). The van der Waals surface area contributed by atoms with E-state index in [1.54, 1.807) is 0 Å². The molecule has 2 rings (SSSR count). The lowest BCUT2D eigenvalue weighted by Gasteiger charge is -2.09. The van der Waals surface area contributed by atoms with E-state index in [1.807, 2.05) is 11.6 Å². The van der Waals surface area contributed by atoms with Gasteiger partial charge in [0.1, 0.15) is 5.82 Å². The van der Waals surface area contributed by atoms with Crippen LogP contribution in [0.25, 0.3) is 0 Å². The van der Waals surface area contributed by atoms with Crippen LogP contribution >= 0.6 is 11.6 Å². The summed E-state index contributed by atoms with van der Waals surface area (Å²) in [5.74, 6) is 0.520. The molecule has 5 heteroatoms. The van der Waals surface area contributed by atoms with Gasteiger partial charge in [0.2, 0.25) is 0 Å². The number of carbonyl (C=O) groups is 1. The Bertz CT molecular complexity index is 408. The Balaban J connectivity index is 2.30. The van der Waals surface area contributed by atoms with E-state index in [4.69, 9.17) is 16.7 Å². The first-order valence-corrected chi connectivity index (χ1v) is 5.90. The van der Waals surface area contributed by atoms with Gasteiger partial charge in [-0.1, -0.05) is 24.4 Å². The fraction of sp³-hybridized carbons (Fsp3) is 0.636. The van der Waals surface area contributed by atoms with E-state index in [1.165, 1.54) is 12.8 Å². The van der Waals surface area contributed by atoms with Crippen molar-refractivity contribution < 1.29 is 9.90 Å². The van der Waals surface area contributed by atoms with Gasteiger partial charge in [-0.05, 0) is 12.8 Å². The number of aliphatic carboxylic acids is 1. The summed E-state index contributed by atoms with van der Waals surface area (Å²) in [6, 6.07) is 0. The number of hydrogen-bond donors (Lipinski definition) is 1. The molecule has 1 aromatic heterocycles. The number of carboxylic acid groups (broad SMARTS) is 1. The lowest BCUT2D eigenvalue weighted by atomic mass is 10.1. The normalized spacial score (nSPS) is 16.9. The first-order chi connectivity index (χ1) is 7.59. The van der Waals surface area contributed by atoms with Crippen molar-refractivity contribution in [3.63, 3.8) is 0 Å². The van der Waals surface area contributed by atoms with Gasteiger partial charge in [-0.2, -0.15) is 0 Å². The van der Waals surface area contributed by atoms with E-state index in [0.717, 1.165) is 18.7 Å². The second kappa shape index (κ2) is 4.45. The van der Waals surface area contributed by atoms with Gasteiger partial charge in [-0.3, -0.25) is 4.79 Å². The van der Waals surface area contributed by atoms with E-state index in [2.05, 4.69) is 4.98 Å². The average Bonchev–Trinajstić information content (AvgIpc) is 2.80. The molecule has 0 bridgehead atoms. The second-order valence-corrected chi connectivity index (χ2v) is 4.68. The minimum atomic E-state index is -0.872. The average molecular weight is 243 g/mol. The number of nitrogens with zero attached hydrogens (tertiary/aromatic N) is 2. The smallest absolute Gasteiger partial charge is 0.309 e. The van der Waals surface area contributed by atoms with Gasteiger partial charge in [0.15, 0.2) is 5.15 Å². The summed E-state index contributed by atoms with van der Waals surface area (Å²) in [4.78, 5) is 15.0. The summed E-state index contributed by atoms with van der Waals surface area (Å²) in [5, 5.41) is 9.13. The Hall–Kier alpha value is -1.03. The van der Waals surface area contributed by atoms with Crippen LogP contribution in [0.4, 0.5) is 0 Å². The van der Waals surface area contributed by atoms with Gasteiger partial charge < -0.3 is 9.67 Å². The van der Waals surface area contributed by atoms with Crippen LogP contribution in [0.5, 0.6) is 0 Å². The third-order valence-electron chi connectivity index (χ3n) is 3.24. The van der Waals surface area contributed by atoms with Crippen LogP contribution < -0.4 is 0 Å². The predicted molar refractivity (Wildman–Crippen MR) is 60.8 cm³/mol. The summed E-state index contributed by atoms with van der Waals surface area (Å²) >= 11 is 5.98. The summed E-state index contributed by atoms with van der Waals surface area (Å²) in [7, 11) is 1.85. The van der Waals surface area contributed by atoms with Gasteiger partial charge in [-0.25, -0.2) is 4.98 Å². The molecule has 1 fully saturated rings. The molecule has 0 aliphatic heterocycles. The van der Waals surface area contributed by atoms with Gasteiger partial charge in [0.25, 0.3) is 0 Å². The highest BCUT2D eigenvalue weighted by atomic mass is 35.5. The van der Waals surface area contributed by atoms with Crippen molar-refractivity contribution in [2.75, 3.05) is 0 Å². The highest BCUT2D eigenvalue weighted by molar-refractivity contribution is 6.30. The fourth-order valence-electron chi connectivity index (χ4n) is 2.40. The number of rotatable bonds is 3. The molecule has 16 heavy (non-hydrogen) atoms. The molecule has 1 aliphatic carbocycles. The maximum atomic E-state index is 10.7. The van der Waals surface area contributed by atoms with Crippen molar-refractivity contribution >= 4 is 17.6 Å². The SMILES string of the molecule is Cn1c(C2CCCC2)nc(Cl)c1CC(=O)O. The highest BCUT2D eigenvalue weighted by Crippen LogP contribution is 2.34. The van der Waals surface area contributed by atoms with Crippen LogP contribution in [-0.4, -0.2) is 20.6 Å². The Labute approximate surface area is 99.2 Å². The first kappa shape index (κ1) is 11.5. The predicted octanol–water partition coefficient (Wildman–Crippen LogP) is 2.36. The van der Waals surface area contributed by atoms with E-state index in [9.17, 15) is 4.79 Å². The molecule has 1 saturated carbocycles. The maximum Gasteiger partial charge on any atom is 0.309 e. The topological polar surface area (TPSA) is 55.1 Å². The fourth-order valence-corrected chi connectivity index (χ4v) is 2.68. The molecule has 0 radical (unpaired) electrons. The van der Waals surface area contributed by atoms with Gasteiger partial charge in [0.05, 0.1) is 12.1 Å². The van der Waals surface area contributed by atoms with Crippen LogP contribution in [0.3, 0.4) is 0 Å². The molecule has 88 valence electrons. The first-order valence-electron chi connectivity index (χ1n) is 5.52. The molecule has 0 saturated heterocycles. The van der Waals surface area contributed by atoms with Gasteiger partial charge in [0, 0.05) is 13.0 Å².